The molecule has 2 aliphatic rings. The van der Waals surface area contributed by atoms with Crippen molar-refractivity contribution in [2.45, 2.75) is 44.7 Å². The zero-order valence-corrected chi connectivity index (χ0v) is 10.9. The molecule has 1 aromatic rings. The fraction of sp³-hybridized carbons (Fsp3) is 0.667. The van der Waals surface area contributed by atoms with Crippen molar-refractivity contribution < 1.29 is 4.74 Å². The molecule has 1 N–H and O–H groups in total. The molecule has 0 radical (unpaired) electrons. The maximum atomic E-state index is 5.53. The van der Waals surface area contributed by atoms with Gasteiger partial charge in [-0.2, -0.15) is 0 Å². The lowest BCUT2D eigenvalue weighted by molar-refractivity contribution is 0.00414. The predicted molar refractivity (Wildman–Crippen MR) is 71.2 cm³/mol. The van der Waals surface area contributed by atoms with Crippen LogP contribution in [0.1, 0.15) is 37.7 Å². The Labute approximate surface area is 109 Å². The van der Waals surface area contributed by atoms with Crippen molar-refractivity contribution in [1.82, 2.24) is 10.3 Å². The van der Waals surface area contributed by atoms with E-state index in [1.807, 2.05) is 18.5 Å². The monoisotopic (exact) mass is 246 g/mol. The molecule has 1 aliphatic heterocycles. The molecular formula is C15H22N2O. The van der Waals surface area contributed by atoms with Gasteiger partial charge in [-0.25, -0.2) is 0 Å². The summed E-state index contributed by atoms with van der Waals surface area (Å²) in [4.78, 5) is 4.17. The molecule has 1 unspecified atom stereocenters. The van der Waals surface area contributed by atoms with Gasteiger partial charge in [-0.1, -0.05) is 12.5 Å². The molecule has 1 atom stereocenters. The predicted octanol–water partition coefficient (Wildman–Crippen LogP) is 2.52. The van der Waals surface area contributed by atoms with Crippen LogP contribution in [0.15, 0.2) is 24.5 Å². The normalized spacial score (nSPS) is 26.6. The van der Waals surface area contributed by atoms with Crippen LogP contribution in [0.3, 0.4) is 0 Å². The summed E-state index contributed by atoms with van der Waals surface area (Å²) in [6.07, 6.45) is 10.3. The van der Waals surface area contributed by atoms with Crippen molar-refractivity contribution >= 4 is 0 Å². The molecule has 2 fully saturated rings. The first-order valence-electron chi connectivity index (χ1n) is 7.09. The van der Waals surface area contributed by atoms with Gasteiger partial charge in [-0.15, -0.1) is 0 Å². The molecule has 0 bridgehead atoms. The second-order valence-electron chi connectivity index (χ2n) is 5.66. The van der Waals surface area contributed by atoms with Crippen molar-refractivity contribution in [2.24, 2.45) is 5.41 Å². The third-order valence-electron chi connectivity index (χ3n) is 4.67. The molecule has 0 aromatic carbocycles. The Morgan fingerprint density at radius 3 is 3.00 bits per heavy atom. The van der Waals surface area contributed by atoms with Crippen molar-refractivity contribution in [1.29, 1.82) is 0 Å². The summed E-state index contributed by atoms with van der Waals surface area (Å²) in [5.74, 6) is 0. The summed E-state index contributed by atoms with van der Waals surface area (Å²) >= 11 is 0. The van der Waals surface area contributed by atoms with E-state index in [0.29, 0.717) is 11.5 Å². The van der Waals surface area contributed by atoms with Crippen LogP contribution in [-0.2, 0) is 11.3 Å². The van der Waals surface area contributed by atoms with Gasteiger partial charge in [-0.05, 0) is 42.7 Å². The summed E-state index contributed by atoms with van der Waals surface area (Å²) in [6, 6.07) is 4.82. The standard InChI is InChI=1S/C15H22N2O/c1-4-14(15(5-1)6-9-18-10-7-15)17-12-13-3-2-8-16-11-13/h2-3,8,11,14,17H,1,4-7,9-10,12H2. The molecule has 1 aromatic heterocycles. The van der Waals surface area contributed by atoms with Gasteiger partial charge in [0.25, 0.3) is 0 Å². The smallest absolute Gasteiger partial charge is 0.0471 e. The fourth-order valence-electron chi connectivity index (χ4n) is 3.58. The third-order valence-corrected chi connectivity index (χ3v) is 4.67. The van der Waals surface area contributed by atoms with E-state index in [0.717, 1.165) is 19.8 Å². The summed E-state index contributed by atoms with van der Waals surface area (Å²) < 4.78 is 5.53. The Balaban J connectivity index is 1.61. The summed E-state index contributed by atoms with van der Waals surface area (Å²) in [5, 5.41) is 3.76. The lowest BCUT2D eigenvalue weighted by Crippen LogP contribution is -2.44. The highest BCUT2D eigenvalue weighted by Gasteiger charge is 2.43. The molecule has 98 valence electrons. The minimum Gasteiger partial charge on any atom is -0.381 e. The highest BCUT2D eigenvalue weighted by molar-refractivity contribution is 5.09. The Morgan fingerprint density at radius 2 is 2.22 bits per heavy atom. The first-order chi connectivity index (χ1) is 8.89. The van der Waals surface area contributed by atoms with Gasteiger partial charge in [0.1, 0.15) is 0 Å². The number of nitrogens with one attached hydrogen (secondary N) is 1. The van der Waals surface area contributed by atoms with Crippen LogP contribution >= 0.6 is 0 Å². The Morgan fingerprint density at radius 1 is 1.33 bits per heavy atom. The second kappa shape index (κ2) is 5.37. The van der Waals surface area contributed by atoms with Crippen LogP contribution in [0.2, 0.25) is 0 Å². The van der Waals surface area contributed by atoms with Gasteiger partial charge in [-0.3, -0.25) is 4.98 Å². The minimum atomic E-state index is 0.514. The van der Waals surface area contributed by atoms with Gasteiger partial charge < -0.3 is 10.1 Å². The van der Waals surface area contributed by atoms with Crippen molar-refractivity contribution in [3.63, 3.8) is 0 Å². The largest absolute Gasteiger partial charge is 0.381 e. The van der Waals surface area contributed by atoms with Gasteiger partial charge >= 0.3 is 0 Å². The number of hydrogen-bond acceptors (Lipinski definition) is 3. The Hall–Kier alpha value is -0.930. The second-order valence-corrected chi connectivity index (χ2v) is 5.66. The summed E-state index contributed by atoms with van der Waals surface area (Å²) in [6.45, 7) is 2.84. The zero-order valence-electron chi connectivity index (χ0n) is 10.9. The number of pyridine rings is 1. The minimum absolute atomic E-state index is 0.514. The number of aromatic nitrogens is 1. The van der Waals surface area contributed by atoms with E-state index in [9.17, 15) is 0 Å². The molecule has 1 aliphatic carbocycles. The van der Waals surface area contributed by atoms with Crippen LogP contribution in [0, 0.1) is 5.41 Å². The van der Waals surface area contributed by atoms with Crippen LogP contribution in [0.4, 0.5) is 0 Å². The highest BCUT2D eigenvalue weighted by Crippen LogP contribution is 2.45. The summed E-state index contributed by atoms with van der Waals surface area (Å²) in [5.41, 5.74) is 1.80. The molecular weight excluding hydrogens is 224 g/mol. The molecule has 0 amide bonds. The maximum Gasteiger partial charge on any atom is 0.0471 e. The average Bonchev–Trinajstić information content (AvgIpc) is 2.81. The number of rotatable bonds is 3. The van der Waals surface area contributed by atoms with E-state index >= 15 is 0 Å². The van der Waals surface area contributed by atoms with Crippen molar-refractivity contribution in [3.05, 3.63) is 30.1 Å². The van der Waals surface area contributed by atoms with Crippen molar-refractivity contribution in [3.8, 4) is 0 Å². The van der Waals surface area contributed by atoms with Crippen LogP contribution in [0.5, 0.6) is 0 Å². The van der Waals surface area contributed by atoms with Crippen LogP contribution < -0.4 is 5.32 Å². The van der Waals surface area contributed by atoms with Gasteiger partial charge in [0.2, 0.25) is 0 Å². The molecule has 3 heteroatoms. The van der Waals surface area contributed by atoms with E-state index < -0.39 is 0 Å². The van der Waals surface area contributed by atoms with Gasteiger partial charge in [0.05, 0.1) is 0 Å². The molecule has 1 saturated heterocycles. The molecule has 1 spiro atoms. The molecule has 2 heterocycles. The number of hydrogen-bond donors (Lipinski definition) is 1. The van der Waals surface area contributed by atoms with E-state index in [4.69, 9.17) is 4.74 Å². The van der Waals surface area contributed by atoms with E-state index in [2.05, 4.69) is 16.4 Å². The quantitative estimate of drug-likeness (QED) is 0.890. The SMILES string of the molecule is c1cncc(CNC2CCCC23CCOCC3)c1. The zero-order chi connectivity index (χ0) is 12.3. The third kappa shape index (κ3) is 2.43. The lowest BCUT2D eigenvalue weighted by atomic mass is 9.75. The van der Waals surface area contributed by atoms with Gasteiger partial charge in [0.15, 0.2) is 0 Å². The topological polar surface area (TPSA) is 34.2 Å². The van der Waals surface area contributed by atoms with Crippen LogP contribution in [0.25, 0.3) is 0 Å². The van der Waals surface area contributed by atoms with Crippen LogP contribution in [-0.4, -0.2) is 24.2 Å². The molecule has 3 nitrogen and oxygen atoms in total. The number of nitrogens with zero attached hydrogens (tertiary/aromatic N) is 1. The number of ether oxygens (including phenoxy) is 1. The highest BCUT2D eigenvalue weighted by atomic mass is 16.5. The molecule has 3 rings (SSSR count). The van der Waals surface area contributed by atoms with Crippen molar-refractivity contribution in [2.75, 3.05) is 13.2 Å². The fourth-order valence-corrected chi connectivity index (χ4v) is 3.58. The molecule has 18 heavy (non-hydrogen) atoms. The first-order valence-corrected chi connectivity index (χ1v) is 7.09. The molecule has 1 saturated carbocycles. The lowest BCUT2D eigenvalue weighted by Gasteiger charge is -2.39. The van der Waals surface area contributed by atoms with E-state index in [1.165, 1.54) is 37.7 Å². The van der Waals surface area contributed by atoms with E-state index in [1.54, 1.807) is 0 Å². The Kier molecular flexibility index (Phi) is 3.62. The Bertz CT molecular complexity index is 373. The maximum absolute atomic E-state index is 5.53. The summed E-state index contributed by atoms with van der Waals surface area (Å²) in [7, 11) is 0. The van der Waals surface area contributed by atoms with E-state index in [-0.39, 0.29) is 0 Å². The van der Waals surface area contributed by atoms with Gasteiger partial charge in [0, 0.05) is 38.2 Å². The first kappa shape index (κ1) is 12.1. The average molecular weight is 246 g/mol.